The summed E-state index contributed by atoms with van der Waals surface area (Å²) in [5.41, 5.74) is 6.39. The monoisotopic (exact) mass is 212 g/mol. The minimum absolute atomic E-state index is 0.376. The Bertz CT molecular complexity index is 274. The van der Waals surface area contributed by atoms with Gasteiger partial charge in [0.25, 0.3) is 0 Å². The highest BCUT2D eigenvalue weighted by atomic mass is 32.1. The first-order valence-electron chi connectivity index (χ1n) is 5.44. The molecule has 2 fully saturated rings. The third-order valence-electron chi connectivity index (χ3n) is 5.11. The largest absolute Gasteiger partial charge is 0.376 e. The first kappa shape index (κ1) is 10.2. The van der Waals surface area contributed by atoms with Gasteiger partial charge in [-0.2, -0.15) is 0 Å². The van der Waals surface area contributed by atoms with Gasteiger partial charge < -0.3 is 11.1 Å². The molecule has 0 heterocycles. The fourth-order valence-electron chi connectivity index (χ4n) is 3.59. The number of nitrogens with one attached hydrogen (secondary N) is 1. The second-order valence-corrected chi connectivity index (χ2v) is 6.11. The lowest BCUT2D eigenvalue weighted by Crippen LogP contribution is -2.48. The van der Waals surface area contributed by atoms with E-state index in [1.54, 1.807) is 0 Å². The van der Waals surface area contributed by atoms with Crippen LogP contribution in [0.25, 0.3) is 0 Å². The van der Waals surface area contributed by atoms with E-state index in [1.807, 2.05) is 0 Å². The number of fused-ring (bicyclic) bond motifs is 2. The average molecular weight is 212 g/mol. The van der Waals surface area contributed by atoms with Crippen LogP contribution < -0.4 is 11.1 Å². The molecule has 2 aliphatic carbocycles. The normalized spacial score (nSPS) is 43.9. The van der Waals surface area contributed by atoms with Crippen molar-refractivity contribution in [2.24, 2.45) is 22.5 Å². The second-order valence-electron chi connectivity index (χ2n) is 5.67. The maximum Gasteiger partial charge on any atom is 0.163 e. The fourth-order valence-corrected chi connectivity index (χ4v) is 3.74. The van der Waals surface area contributed by atoms with Crippen LogP contribution in [0.15, 0.2) is 0 Å². The Labute approximate surface area is 91.6 Å². The summed E-state index contributed by atoms with van der Waals surface area (Å²) in [4.78, 5) is 0. The maximum atomic E-state index is 5.57. The highest BCUT2D eigenvalue weighted by Gasteiger charge is 2.61. The van der Waals surface area contributed by atoms with E-state index >= 15 is 0 Å². The van der Waals surface area contributed by atoms with Gasteiger partial charge in [0.05, 0.1) is 0 Å². The highest BCUT2D eigenvalue weighted by molar-refractivity contribution is 7.80. The van der Waals surface area contributed by atoms with Crippen LogP contribution in [0.5, 0.6) is 0 Å². The summed E-state index contributed by atoms with van der Waals surface area (Å²) >= 11 is 4.94. The second kappa shape index (κ2) is 2.84. The van der Waals surface area contributed by atoms with E-state index in [1.165, 1.54) is 19.3 Å². The van der Waals surface area contributed by atoms with Gasteiger partial charge in [0.2, 0.25) is 0 Å². The van der Waals surface area contributed by atoms with E-state index in [0.717, 1.165) is 5.92 Å². The zero-order chi connectivity index (χ0) is 10.6. The van der Waals surface area contributed by atoms with E-state index < -0.39 is 0 Å². The lowest BCUT2D eigenvalue weighted by Gasteiger charge is -2.39. The van der Waals surface area contributed by atoms with E-state index in [4.69, 9.17) is 18.0 Å². The van der Waals surface area contributed by atoms with E-state index in [2.05, 4.69) is 26.1 Å². The first-order valence-corrected chi connectivity index (χ1v) is 5.85. The van der Waals surface area contributed by atoms with Crippen LogP contribution in [-0.4, -0.2) is 11.2 Å². The molecule has 3 heteroatoms. The van der Waals surface area contributed by atoms with Gasteiger partial charge in [-0.1, -0.05) is 20.8 Å². The first-order chi connectivity index (χ1) is 6.38. The van der Waals surface area contributed by atoms with E-state index in [0.29, 0.717) is 22.0 Å². The molecule has 0 aromatic carbocycles. The van der Waals surface area contributed by atoms with Crippen molar-refractivity contribution in [3.63, 3.8) is 0 Å². The van der Waals surface area contributed by atoms with E-state index in [9.17, 15) is 0 Å². The molecule has 3 atom stereocenters. The van der Waals surface area contributed by atoms with Gasteiger partial charge in [-0.05, 0) is 48.2 Å². The number of thiocarbonyl (C=S) groups is 1. The number of rotatable bonds is 1. The molecule has 3 N–H and O–H groups in total. The van der Waals surface area contributed by atoms with Gasteiger partial charge in [-0.25, -0.2) is 0 Å². The van der Waals surface area contributed by atoms with Crippen molar-refractivity contribution in [3.05, 3.63) is 0 Å². The van der Waals surface area contributed by atoms with Crippen molar-refractivity contribution in [2.75, 3.05) is 0 Å². The summed E-state index contributed by atoms with van der Waals surface area (Å²) in [5.74, 6) is 0.847. The molecule has 3 unspecified atom stereocenters. The summed E-state index contributed by atoms with van der Waals surface area (Å²) in [6.07, 6.45) is 3.92. The predicted molar refractivity (Wildman–Crippen MR) is 62.9 cm³/mol. The maximum absolute atomic E-state index is 5.57. The molecular formula is C11H20N2S. The molecule has 2 aliphatic rings. The number of hydrogen-bond donors (Lipinski definition) is 2. The minimum Gasteiger partial charge on any atom is -0.376 e. The van der Waals surface area contributed by atoms with Crippen LogP contribution in [0.3, 0.4) is 0 Å². The summed E-state index contributed by atoms with van der Waals surface area (Å²) in [7, 11) is 0. The SMILES string of the molecule is CC1(C)C2CCC1(C)C(NC(N)=S)C2. The van der Waals surface area contributed by atoms with Gasteiger partial charge in [-0.3, -0.25) is 0 Å². The molecule has 2 rings (SSSR count). The zero-order valence-electron chi connectivity index (χ0n) is 9.26. The van der Waals surface area contributed by atoms with Crippen LogP contribution in [0, 0.1) is 16.7 Å². The van der Waals surface area contributed by atoms with E-state index in [-0.39, 0.29) is 0 Å². The fraction of sp³-hybridized carbons (Fsp3) is 0.909. The van der Waals surface area contributed by atoms with Gasteiger partial charge >= 0.3 is 0 Å². The molecule has 0 aromatic heterocycles. The van der Waals surface area contributed by atoms with Gasteiger partial charge in [-0.15, -0.1) is 0 Å². The standard InChI is InChI=1S/C11H20N2S/c1-10(2)7-4-5-11(10,3)8(6-7)13-9(12)14/h7-8H,4-6H2,1-3H3,(H3,12,13,14). The van der Waals surface area contributed by atoms with Crippen molar-refractivity contribution in [1.82, 2.24) is 5.32 Å². The third kappa shape index (κ3) is 1.11. The molecule has 80 valence electrons. The Morgan fingerprint density at radius 2 is 2.07 bits per heavy atom. The molecule has 0 radical (unpaired) electrons. The summed E-state index contributed by atoms with van der Waals surface area (Å²) < 4.78 is 0. The quantitative estimate of drug-likeness (QED) is 0.653. The Kier molecular flexibility index (Phi) is 2.08. The highest BCUT2D eigenvalue weighted by Crippen LogP contribution is 2.65. The molecule has 0 spiro atoms. The summed E-state index contributed by atoms with van der Waals surface area (Å²) in [5, 5.41) is 3.74. The third-order valence-corrected chi connectivity index (χ3v) is 5.23. The van der Waals surface area contributed by atoms with Crippen LogP contribution in [0.2, 0.25) is 0 Å². The lowest BCUT2D eigenvalue weighted by molar-refractivity contribution is 0.129. The van der Waals surface area contributed by atoms with Crippen LogP contribution in [0.4, 0.5) is 0 Å². The van der Waals surface area contributed by atoms with Crippen LogP contribution >= 0.6 is 12.2 Å². The number of nitrogens with two attached hydrogens (primary N) is 1. The van der Waals surface area contributed by atoms with Crippen LogP contribution in [-0.2, 0) is 0 Å². The van der Waals surface area contributed by atoms with Crippen molar-refractivity contribution >= 4 is 17.3 Å². The molecule has 2 bridgehead atoms. The Hall–Kier alpha value is -0.310. The van der Waals surface area contributed by atoms with Gasteiger partial charge in [0, 0.05) is 6.04 Å². The minimum atomic E-state index is 0.376. The average Bonchev–Trinajstić information content (AvgIpc) is 2.35. The molecule has 2 nitrogen and oxygen atoms in total. The van der Waals surface area contributed by atoms with Crippen LogP contribution in [0.1, 0.15) is 40.0 Å². The van der Waals surface area contributed by atoms with Crippen molar-refractivity contribution in [2.45, 2.75) is 46.1 Å². The molecular weight excluding hydrogens is 192 g/mol. The van der Waals surface area contributed by atoms with Crippen molar-refractivity contribution in [3.8, 4) is 0 Å². The van der Waals surface area contributed by atoms with Gasteiger partial charge in [0.15, 0.2) is 5.11 Å². The van der Waals surface area contributed by atoms with Crippen molar-refractivity contribution in [1.29, 1.82) is 0 Å². The van der Waals surface area contributed by atoms with Gasteiger partial charge in [0.1, 0.15) is 0 Å². The molecule has 0 saturated heterocycles. The molecule has 0 aromatic rings. The lowest BCUT2D eigenvalue weighted by atomic mass is 9.69. The molecule has 2 saturated carbocycles. The topological polar surface area (TPSA) is 38.0 Å². The predicted octanol–water partition coefficient (Wildman–Crippen LogP) is 2.03. The molecule has 14 heavy (non-hydrogen) atoms. The number of hydrogen-bond acceptors (Lipinski definition) is 1. The molecule has 0 aliphatic heterocycles. The summed E-state index contributed by atoms with van der Waals surface area (Å²) in [6.45, 7) is 7.17. The Balaban J connectivity index is 2.23. The molecule has 0 amide bonds. The Morgan fingerprint density at radius 1 is 1.43 bits per heavy atom. The summed E-state index contributed by atoms with van der Waals surface area (Å²) in [6, 6.07) is 0.494. The van der Waals surface area contributed by atoms with Crippen molar-refractivity contribution < 1.29 is 0 Å². The Morgan fingerprint density at radius 3 is 2.43 bits per heavy atom. The zero-order valence-corrected chi connectivity index (χ0v) is 10.1. The smallest absolute Gasteiger partial charge is 0.163 e.